The maximum Gasteiger partial charge on any atom is 0.295 e. The first-order valence-electron chi connectivity index (χ1n) is 7.85. The topological polar surface area (TPSA) is 40.6 Å². The van der Waals surface area contributed by atoms with Crippen molar-refractivity contribution in [1.82, 2.24) is 9.80 Å². The second-order valence-electron chi connectivity index (χ2n) is 5.99. The van der Waals surface area contributed by atoms with Crippen molar-refractivity contribution in [3.63, 3.8) is 0 Å². The molecular weight excluding hydrogens is 343 g/mol. The van der Waals surface area contributed by atoms with E-state index in [1.807, 2.05) is 19.0 Å². The summed E-state index contributed by atoms with van der Waals surface area (Å²) in [5.74, 6) is -1.52. The number of amides is 1. The van der Waals surface area contributed by atoms with E-state index in [1.165, 1.54) is 29.2 Å². The lowest BCUT2D eigenvalue weighted by Gasteiger charge is -2.24. The van der Waals surface area contributed by atoms with Gasteiger partial charge in [-0.05, 0) is 56.1 Å². The van der Waals surface area contributed by atoms with Gasteiger partial charge in [0, 0.05) is 30.2 Å². The van der Waals surface area contributed by atoms with Crippen molar-refractivity contribution in [2.45, 2.75) is 6.54 Å². The molecular formula is C19H20ClFN2O2. The first-order valence-corrected chi connectivity index (χ1v) is 8.23. The van der Waals surface area contributed by atoms with Gasteiger partial charge in [0.05, 0.1) is 0 Å². The van der Waals surface area contributed by atoms with Crippen LogP contribution < -0.4 is 0 Å². The van der Waals surface area contributed by atoms with Gasteiger partial charge in [-0.3, -0.25) is 9.59 Å². The molecule has 0 atom stereocenters. The van der Waals surface area contributed by atoms with Gasteiger partial charge in [0.25, 0.3) is 5.91 Å². The summed E-state index contributed by atoms with van der Waals surface area (Å²) in [7, 11) is 3.78. The largest absolute Gasteiger partial charge is 0.330 e. The molecule has 0 saturated heterocycles. The van der Waals surface area contributed by atoms with Crippen LogP contribution >= 0.6 is 11.6 Å². The Morgan fingerprint density at radius 2 is 1.56 bits per heavy atom. The normalized spacial score (nSPS) is 10.8. The molecule has 0 radical (unpaired) electrons. The smallest absolute Gasteiger partial charge is 0.295 e. The zero-order valence-corrected chi connectivity index (χ0v) is 15.0. The molecule has 0 aliphatic carbocycles. The average Bonchev–Trinajstić information content (AvgIpc) is 2.59. The molecule has 25 heavy (non-hydrogen) atoms. The second kappa shape index (κ2) is 8.74. The van der Waals surface area contributed by atoms with Gasteiger partial charge in [0.2, 0.25) is 5.78 Å². The van der Waals surface area contributed by atoms with Crippen molar-refractivity contribution in [1.29, 1.82) is 0 Å². The molecule has 0 spiro atoms. The number of hydrogen-bond acceptors (Lipinski definition) is 3. The summed E-state index contributed by atoms with van der Waals surface area (Å²) >= 11 is 5.82. The number of Topliss-reactive ketones (excluding diaryl/α,β-unsaturated/α-hetero) is 1. The number of carbonyl (C=O) groups excluding carboxylic acids is 2. The van der Waals surface area contributed by atoms with E-state index in [9.17, 15) is 14.0 Å². The van der Waals surface area contributed by atoms with E-state index in [-0.39, 0.29) is 12.4 Å². The van der Waals surface area contributed by atoms with Crippen molar-refractivity contribution in [3.05, 3.63) is 70.5 Å². The molecule has 6 heteroatoms. The van der Waals surface area contributed by atoms with Crippen LogP contribution in [0.25, 0.3) is 0 Å². The van der Waals surface area contributed by atoms with Gasteiger partial charge in [-0.1, -0.05) is 23.7 Å². The fraction of sp³-hybridized carbons (Fsp3) is 0.263. The van der Waals surface area contributed by atoms with E-state index in [4.69, 9.17) is 11.6 Å². The number of halogens is 2. The fourth-order valence-electron chi connectivity index (χ4n) is 2.25. The van der Waals surface area contributed by atoms with E-state index < -0.39 is 11.7 Å². The molecule has 0 N–H and O–H groups in total. The predicted octanol–water partition coefficient (Wildman–Crippen LogP) is 3.25. The minimum atomic E-state index is -0.589. The molecule has 0 aromatic heterocycles. The number of carbonyl (C=O) groups is 2. The Morgan fingerprint density at radius 3 is 2.12 bits per heavy atom. The number of nitrogens with zero attached hydrogens (tertiary/aromatic N) is 2. The molecule has 0 fully saturated rings. The summed E-state index contributed by atoms with van der Waals surface area (Å²) in [5.41, 5.74) is 1.06. The maximum atomic E-state index is 13.1. The molecule has 0 saturated carbocycles. The summed E-state index contributed by atoms with van der Waals surface area (Å²) < 4.78 is 13.1. The molecule has 0 unspecified atom stereocenters. The highest BCUT2D eigenvalue weighted by Gasteiger charge is 2.23. The molecule has 0 aliphatic heterocycles. The number of rotatable bonds is 7. The number of likely N-dealkylation sites (N-methyl/N-ethyl adjacent to an activating group) is 1. The standard InChI is InChI=1S/C19H20ClFN2O2/c1-22(2)11-12-23(13-14-3-9-17(21)10-4-14)19(25)18(24)15-5-7-16(20)8-6-15/h3-10H,11-13H2,1-2H3. The third-order valence-corrected chi connectivity index (χ3v) is 3.94. The summed E-state index contributed by atoms with van der Waals surface area (Å²) in [6.45, 7) is 1.25. The number of ketones is 1. The van der Waals surface area contributed by atoms with Crippen LogP contribution in [0.4, 0.5) is 4.39 Å². The van der Waals surface area contributed by atoms with Crippen LogP contribution in [0.15, 0.2) is 48.5 Å². The van der Waals surface area contributed by atoms with Crippen molar-refractivity contribution in [2.75, 3.05) is 27.2 Å². The van der Waals surface area contributed by atoms with Gasteiger partial charge in [-0.15, -0.1) is 0 Å². The highest BCUT2D eigenvalue weighted by Crippen LogP contribution is 2.13. The third-order valence-electron chi connectivity index (χ3n) is 3.69. The zero-order valence-electron chi connectivity index (χ0n) is 14.2. The minimum absolute atomic E-state index is 0.242. The lowest BCUT2D eigenvalue weighted by molar-refractivity contribution is -0.127. The molecule has 0 bridgehead atoms. The first kappa shape index (κ1) is 19.1. The highest BCUT2D eigenvalue weighted by atomic mass is 35.5. The Bertz CT molecular complexity index is 730. The molecule has 2 rings (SSSR count). The van der Waals surface area contributed by atoms with Crippen molar-refractivity contribution < 1.29 is 14.0 Å². The van der Waals surface area contributed by atoms with Crippen molar-refractivity contribution >= 4 is 23.3 Å². The van der Waals surface area contributed by atoms with Crippen molar-refractivity contribution in [2.24, 2.45) is 0 Å². The Hall–Kier alpha value is -2.24. The van der Waals surface area contributed by atoms with Gasteiger partial charge in [0.15, 0.2) is 0 Å². The van der Waals surface area contributed by atoms with Crippen LogP contribution in [-0.2, 0) is 11.3 Å². The van der Waals surface area contributed by atoms with Crippen LogP contribution in [0.1, 0.15) is 15.9 Å². The summed E-state index contributed by atoms with van der Waals surface area (Å²) in [5, 5.41) is 0.500. The van der Waals surface area contributed by atoms with E-state index in [0.29, 0.717) is 23.7 Å². The average molecular weight is 363 g/mol. The van der Waals surface area contributed by atoms with E-state index in [2.05, 4.69) is 0 Å². The Labute approximate surface area is 151 Å². The Morgan fingerprint density at radius 1 is 0.960 bits per heavy atom. The first-order chi connectivity index (χ1) is 11.9. The molecule has 0 aliphatic rings. The number of benzene rings is 2. The van der Waals surface area contributed by atoms with E-state index >= 15 is 0 Å². The van der Waals surface area contributed by atoms with Gasteiger partial charge < -0.3 is 9.80 Å². The van der Waals surface area contributed by atoms with Crippen LogP contribution in [-0.4, -0.2) is 48.7 Å². The zero-order chi connectivity index (χ0) is 18.4. The lowest BCUT2D eigenvalue weighted by atomic mass is 10.1. The predicted molar refractivity (Wildman–Crippen MR) is 96.2 cm³/mol. The lowest BCUT2D eigenvalue weighted by Crippen LogP contribution is -2.40. The highest BCUT2D eigenvalue weighted by molar-refractivity contribution is 6.42. The van der Waals surface area contributed by atoms with Gasteiger partial charge in [-0.25, -0.2) is 4.39 Å². The Balaban J connectivity index is 2.17. The van der Waals surface area contributed by atoms with Gasteiger partial charge in [-0.2, -0.15) is 0 Å². The molecule has 2 aromatic carbocycles. The minimum Gasteiger partial charge on any atom is -0.330 e. The molecule has 0 heterocycles. The van der Waals surface area contributed by atoms with Crippen LogP contribution in [0.2, 0.25) is 5.02 Å². The van der Waals surface area contributed by atoms with Crippen LogP contribution in [0.5, 0.6) is 0 Å². The maximum absolute atomic E-state index is 13.1. The van der Waals surface area contributed by atoms with E-state index in [1.54, 1.807) is 24.3 Å². The molecule has 132 valence electrons. The number of hydrogen-bond donors (Lipinski definition) is 0. The summed E-state index contributed by atoms with van der Waals surface area (Å²) in [4.78, 5) is 28.5. The SMILES string of the molecule is CN(C)CCN(Cc1ccc(F)cc1)C(=O)C(=O)c1ccc(Cl)cc1. The van der Waals surface area contributed by atoms with E-state index in [0.717, 1.165) is 5.56 Å². The van der Waals surface area contributed by atoms with Gasteiger partial charge in [0.1, 0.15) is 5.82 Å². The van der Waals surface area contributed by atoms with Crippen molar-refractivity contribution in [3.8, 4) is 0 Å². The molecule has 1 amide bonds. The Kier molecular flexibility index (Phi) is 6.67. The third kappa shape index (κ3) is 5.66. The second-order valence-corrected chi connectivity index (χ2v) is 6.43. The monoisotopic (exact) mass is 362 g/mol. The molecule has 4 nitrogen and oxygen atoms in total. The van der Waals surface area contributed by atoms with Gasteiger partial charge >= 0.3 is 0 Å². The van der Waals surface area contributed by atoms with Crippen LogP contribution in [0.3, 0.4) is 0 Å². The fourth-order valence-corrected chi connectivity index (χ4v) is 2.38. The van der Waals surface area contributed by atoms with Crippen LogP contribution in [0, 0.1) is 5.82 Å². The summed E-state index contributed by atoms with van der Waals surface area (Å²) in [6.07, 6.45) is 0. The molecule has 2 aromatic rings. The summed E-state index contributed by atoms with van der Waals surface area (Å²) in [6, 6.07) is 12.1. The quantitative estimate of drug-likeness (QED) is 0.560.